The average molecular weight is 313 g/mol. The number of hydrogen-bond acceptors (Lipinski definition) is 6. The van der Waals surface area contributed by atoms with Crippen LogP contribution in [0.2, 0.25) is 0 Å². The predicted octanol–water partition coefficient (Wildman–Crippen LogP) is 1.95. The van der Waals surface area contributed by atoms with E-state index >= 15 is 0 Å². The molecule has 0 bridgehead atoms. The fraction of sp³-hybridized carbons (Fsp3) is 0.562. The van der Waals surface area contributed by atoms with Crippen LogP contribution in [-0.2, 0) is 4.79 Å². The highest BCUT2D eigenvalue weighted by atomic mass is 16.4. The lowest BCUT2D eigenvalue weighted by Gasteiger charge is -2.30. The van der Waals surface area contributed by atoms with E-state index in [4.69, 9.17) is 4.42 Å². The lowest BCUT2D eigenvalue weighted by atomic mass is 9.96. The molecular formula is C16H19N5O2. The molecule has 1 aliphatic carbocycles. The minimum absolute atomic E-state index is 0.228. The van der Waals surface area contributed by atoms with Gasteiger partial charge in [-0.2, -0.15) is 0 Å². The molecule has 2 aromatic heterocycles. The van der Waals surface area contributed by atoms with Crippen molar-refractivity contribution in [2.75, 3.05) is 13.1 Å². The summed E-state index contributed by atoms with van der Waals surface area (Å²) in [5, 5.41) is 8.29. The fourth-order valence-electron chi connectivity index (χ4n) is 2.95. The van der Waals surface area contributed by atoms with Gasteiger partial charge in [-0.1, -0.05) is 0 Å². The minimum atomic E-state index is 0.228. The van der Waals surface area contributed by atoms with Crippen LogP contribution in [0.25, 0.3) is 11.5 Å². The first-order valence-corrected chi connectivity index (χ1v) is 8.12. The maximum Gasteiger partial charge on any atom is 0.250 e. The molecule has 0 aromatic carbocycles. The second kappa shape index (κ2) is 5.72. The Bertz CT molecular complexity index is 700. The summed E-state index contributed by atoms with van der Waals surface area (Å²) in [6, 6.07) is 0. The van der Waals surface area contributed by atoms with Gasteiger partial charge in [0.1, 0.15) is 5.82 Å². The molecule has 2 aliphatic rings. The van der Waals surface area contributed by atoms with Crippen LogP contribution in [0.5, 0.6) is 0 Å². The molecule has 3 heterocycles. The van der Waals surface area contributed by atoms with Crippen LogP contribution in [0.4, 0.5) is 0 Å². The van der Waals surface area contributed by atoms with Crippen LogP contribution >= 0.6 is 0 Å². The van der Waals surface area contributed by atoms with Crippen molar-refractivity contribution < 1.29 is 9.21 Å². The molecule has 4 rings (SSSR count). The van der Waals surface area contributed by atoms with E-state index in [1.807, 2.05) is 11.8 Å². The van der Waals surface area contributed by atoms with E-state index in [1.165, 1.54) is 0 Å². The zero-order valence-electron chi connectivity index (χ0n) is 13.1. The first kappa shape index (κ1) is 14.3. The summed E-state index contributed by atoms with van der Waals surface area (Å²) in [5.41, 5.74) is 0.732. The number of carbonyl (C=O) groups is 1. The van der Waals surface area contributed by atoms with Crippen molar-refractivity contribution in [3.8, 4) is 11.5 Å². The maximum atomic E-state index is 12.1. The summed E-state index contributed by atoms with van der Waals surface area (Å²) in [6.45, 7) is 3.40. The molecule has 1 aliphatic heterocycles. The van der Waals surface area contributed by atoms with E-state index in [0.29, 0.717) is 29.4 Å². The highest BCUT2D eigenvalue weighted by molar-refractivity contribution is 5.81. The van der Waals surface area contributed by atoms with E-state index in [1.54, 1.807) is 12.4 Å². The fourth-order valence-corrected chi connectivity index (χ4v) is 2.95. The maximum absolute atomic E-state index is 12.1. The van der Waals surface area contributed by atoms with Crippen molar-refractivity contribution in [3.05, 3.63) is 24.1 Å². The molecule has 23 heavy (non-hydrogen) atoms. The second-order valence-electron chi connectivity index (χ2n) is 6.34. The average Bonchev–Trinajstić information content (AvgIpc) is 3.32. The third kappa shape index (κ3) is 2.95. The molecule has 0 radical (unpaired) electrons. The van der Waals surface area contributed by atoms with E-state index in [0.717, 1.165) is 44.3 Å². The van der Waals surface area contributed by atoms with Gasteiger partial charge in [0.2, 0.25) is 11.8 Å². The van der Waals surface area contributed by atoms with E-state index < -0.39 is 0 Å². The third-order valence-electron chi connectivity index (χ3n) is 4.55. The van der Waals surface area contributed by atoms with Crippen molar-refractivity contribution >= 4 is 5.91 Å². The molecule has 1 amide bonds. The summed E-state index contributed by atoms with van der Waals surface area (Å²) in [6.07, 6.45) is 7.26. The number of hydrogen-bond donors (Lipinski definition) is 0. The van der Waals surface area contributed by atoms with Gasteiger partial charge in [0.25, 0.3) is 5.89 Å². The first-order chi connectivity index (χ1) is 11.2. The Balaban J connectivity index is 1.41. The van der Waals surface area contributed by atoms with Gasteiger partial charge >= 0.3 is 0 Å². The lowest BCUT2D eigenvalue weighted by molar-refractivity contribution is -0.133. The van der Waals surface area contributed by atoms with Crippen molar-refractivity contribution in [1.29, 1.82) is 0 Å². The van der Waals surface area contributed by atoms with Crippen LogP contribution in [-0.4, -0.2) is 44.1 Å². The molecule has 1 saturated carbocycles. The van der Waals surface area contributed by atoms with Gasteiger partial charge in [0.15, 0.2) is 0 Å². The van der Waals surface area contributed by atoms with Gasteiger partial charge in [-0.25, -0.2) is 9.97 Å². The summed E-state index contributed by atoms with van der Waals surface area (Å²) >= 11 is 0. The van der Waals surface area contributed by atoms with Crippen molar-refractivity contribution in [2.45, 2.75) is 38.5 Å². The molecule has 0 atom stereocenters. The SMILES string of the molecule is Cc1ncc(-c2nnc(C3CCN(C(=O)C4CC4)CC3)o2)cn1. The highest BCUT2D eigenvalue weighted by Gasteiger charge is 2.35. The largest absolute Gasteiger partial charge is 0.420 e. The third-order valence-corrected chi connectivity index (χ3v) is 4.55. The molecule has 2 fully saturated rings. The molecule has 0 unspecified atom stereocenters. The number of aromatic nitrogens is 4. The minimum Gasteiger partial charge on any atom is -0.420 e. The van der Waals surface area contributed by atoms with Crippen LogP contribution in [0.3, 0.4) is 0 Å². The topological polar surface area (TPSA) is 85.0 Å². The molecule has 2 aromatic rings. The Labute approximate surface area is 134 Å². The summed E-state index contributed by atoms with van der Waals surface area (Å²) in [4.78, 5) is 22.4. The second-order valence-corrected chi connectivity index (χ2v) is 6.34. The zero-order valence-corrected chi connectivity index (χ0v) is 13.1. The Hall–Kier alpha value is -2.31. The highest BCUT2D eigenvalue weighted by Crippen LogP contribution is 2.34. The number of carbonyl (C=O) groups excluding carboxylic acids is 1. The Morgan fingerprint density at radius 3 is 2.48 bits per heavy atom. The van der Waals surface area contributed by atoms with Gasteiger partial charge in [0, 0.05) is 37.3 Å². The molecular weight excluding hydrogens is 294 g/mol. The van der Waals surface area contributed by atoms with E-state index in [2.05, 4.69) is 20.2 Å². The predicted molar refractivity (Wildman–Crippen MR) is 81.3 cm³/mol. The molecule has 0 spiro atoms. The lowest BCUT2D eigenvalue weighted by Crippen LogP contribution is -2.38. The molecule has 1 saturated heterocycles. The summed E-state index contributed by atoms with van der Waals surface area (Å²) in [5.74, 6) is 2.66. The van der Waals surface area contributed by atoms with Crippen molar-refractivity contribution in [1.82, 2.24) is 25.1 Å². The van der Waals surface area contributed by atoms with Gasteiger partial charge in [-0.05, 0) is 32.6 Å². The summed E-state index contributed by atoms with van der Waals surface area (Å²) < 4.78 is 5.80. The number of piperidine rings is 1. The van der Waals surface area contributed by atoms with Gasteiger partial charge < -0.3 is 9.32 Å². The number of nitrogens with zero attached hydrogens (tertiary/aromatic N) is 5. The van der Waals surface area contributed by atoms with Crippen LogP contribution < -0.4 is 0 Å². The number of likely N-dealkylation sites (tertiary alicyclic amines) is 1. The van der Waals surface area contributed by atoms with Crippen LogP contribution in [0, 0.1) is 12.8 Å². The van der Waals surface area contributed by atoms with Crippen molar-refractivity contribution in [3.63, 3.8) is 0 Å². The van der Waals surface area contributed by atoms with Gasteiger partial charge in [-0.15, -0.1) is 10.2 Å². The molecule has 7 nitrogen and oxygen atoms in total. The Morgan fingerprint density at radius 2 is 1.83 bits per heavy atom. The Kier molecular flexibility index (Phi) is 3.55. The number of amides is 1. The van der Waals surface area contributed by atoms with E-state index in [-0.39, 0.29) is 5.92 Å². The number of aryl methyl sites for hydroxylation is 1. The van der Waals surface area contributed by atoms with Crippen LogP contribution in [0.15, 0.2) is 16.8 Å². The molecule has 7 heteroatoms. The van der Waals surface area contributed by atoms with Gasteiger partial charge in [-0.3, -0.25) is 4.79 Å². The van der Waals surface area contributed by atoms with Crippen LogP contribution in [0.1, 0.15) is 43.3 Å². The molecule has 120 valence electrons. The van der Waals surface area contributed by atoms with Crippen molar-refractivity contribution in [2.24, 2.45) is 5.92 Å². The normalized spacial score (nSPS) is 19.1. The monoisotopic (exact) mass is 313 g/mol. The molecule has 0 N–H and O–H groups in total. The number of rotatable bonds is 3. The smallest absolute Gasteiger partial charge is 0.250 e. The van der Waals surface area contributed by atoms with E-state index in [9.17, 15) is 4.79 Å². The Morgan fingerprint density at radius 1 is 1.13 bits per heavy atom. The standard InChI is InChI=1S/C16H19N5O2/c1-10-17-8-13(9-18-10)15-20-19-14(23-15)11-4-6-21(7-5-11)16(22)12-2-3-12/h8-9,11-12H,2-7H2,1H3. The zero-order chi connectivity index (χ0) is 15.8. The quantitative estimate of drug-likeness (QED) is 0.861. The van der Waals surface area contributed by atoms with Gasteiger partial charge in [0.05, 0.1) is 5.56 Å². The summed E-state index contributed by atoms with van der Waals surface area (Å²) in [7, 11) is 0. The first-order valence-electron chi connectivity index (χ1n) is 8.12.